The van der Waals surface area contributed by atoms with Gasteiger partial charge in [0.25, 0.3) is 0 Å². The van der Waals surface area contributed by atoms with Crippen molar-refractivity contribution < 1.29 is 14.3 Å². The average molecular weight is 405 g/mol. The van der Waals surface area contributed by atoms with E-state index in [-0.39, 0.29) is 30.5 Å². The lowest BCUT2D eigenvalue weighted by atomic mass is 10.0. The molecule has 0 N–H and O–H groups in total. The zero-order chi connectivity index (χ0) is 20.8. The van der Waals surface area contributed by atoms with Crippen molar-refractivity contribution in [3.05, 3.63) is 18.5 Å². The monoisotopic (exact) mass is 404 g/mol. The average Bonchev–Trinajstić information content (AvgIpc) is 2.75. The van der Waals surface area contributed by atoms with E-state index in [1.165, 1.54) is 0 Å². The van der Waals surface area contributed by atoms with Gasteiger partial charge in [-0.1, -0.05) is 0 Å². The Morgan fingerprint density at radius 3 is 2.14 bits per heavy atom. The minimum Gasteiger partial charge on any atom is -0.372 e. The van der Waals surface area contributed by atoms with Crippen molar-refractivity contribution in [3.63, 3.8) is 0 Å². The Kier molecular flexibility index (Phi) is 7.38. The Hall–Kier alpha value is -2.26. The fourth-order valence-corrected chi connectivity index (χ4v) is 3.96. The standard InChI is InChI=1S/C20H32N6O3/c1-4-29-15-19(28)26-13-12-25(16(2)17(26)3)18(27)14-23-8-10-24(11-9-23)20-21-6-5-7-22-20/h5-7,16-17H,4,8-15H2,1-3H3/t16-,17-/m1/s1. The first-order valence-corrected chi connectivity index (χ1v) is 10.4. The Balaban J connectivity index is 1.48. The fraction of sp³-hybridized carbons (Fsp3) is 0.700. The van der Waals surface area contributed by atoms with Crippen LogP contribution in [0.4, 0.5) is 5.95 Å². The molecule has 0 bridgehead atoms. The van der Waals surface area contributed by atoms with Gasteiger partial charge in [0.2, 0.25) is 17.8 Å². The predicted molar refractivity (Wildman–Crippen MR) is 110 cm³/mol. The molecule has 0 unspecified atom stereocenters. The van der Waals surface area contributed by atoms with Crippen LogP contribution in [-0.4, -0.2) is 108 Å². The molecule has 0 aliphatic carbocycles. The van der Waals surface area contributed by atoms with Gasteiger partial charge in [0.05, 0.1) is 6.54 Å². The highest BCUT2D eigenvalue weighted by atomic mass is 16.5. The summed E-state index contributed by atoms with van der Waals surface area (Å²) in [6, 6.07) is 1.78. The maximum atomic E-state index is 12.9. The minimum absolute atomic E-state index is 0.00227. The lowest BCUT2D eigenvalue weighted by Gasteiger charge is -2.45. The molecule has 2 amide bonds. The van der Waals surface area contributed by atoms with E-state index >= 15 is 0 Å². The molecule has 1 aromatic rings. The van der Waals surface area contributed by atoms with E-state index < -0.39 is 0 Å². The van der Waals surface area contributed by atoms with Gasteiger partial charge in [0, 0.05) is 70.4 Å². The summed E-state index contributed by atoms with van der Waals surface area (Å²) < 4.78 is 5.26. The van der Waals surface area contributed by atoms with Gasteiger partial charge in [-0.15, -0.1) is 0 Å². The molecule has 3 rings (SSSR count). The van der Waals surface area contributed by atoms with E-state index in [9.17, 15) is 9.59 Å². The first-order chi connectivity index (χ1) is 14.0. The molecule has 1 aromatic heterocycles. The second kappa shape index (κ2) is 9.98. The quantitative estimate of drug-likeness (QED) is 0.664. The molecule has 2 saturated heterocycles. The van der Waals surface area contributed by atoms with Gasteiger partial charge in [-0.3, -0.25) is 14.5 Å². The van der Waals surface area contributed by atoms with E-state index in [2.05, 4.69) is 19.8 Å². The Morgan fingerprint density at radius 1 is 0.966 bits per heavy atom. The van der Waals surface area contributed by atoms with Crippen molar-refractivity contribution in [1.29, 1.82) is 0 Å². The maximum absolute atomic E-state index is 12.9. The Morgan fingerprint density at radius 2 is 1.55 bits per heavy atom. The summed E-state index contributed by atoms with van der Waals surface area (Å²) in [6.07, 6.45) is 3.50. The van der Waals surface area contributed by atoms with Crippen LogP contribution in [0.15, 0.2) is 18.5 Å². The first kappa shape index (κ1) is 21.4. The smallest absolute Gasteiger partial charge is 0.248 e. The summed E-state index contributed by atoms with van der Waals surface area (Å²) in [5, 5.41) is 0. The van der Waals surface area contributed by atoms with Crippen LogP contribution in [0.3, 0.4) is 0 Å². The van der Waals surface area contributed by atoms with Gasteiger partial charge in [-0.25, -0.2) is 9.97 Å². The number of carbonyl (C=O) groups excluding carboxylic acids is 2. The van der Waals surface area contributed by atoms with Crippen LogP contribution in [0.1, 0.15) is 20.8 Å². The van der Waals surface area contributed by atoms with E-state index in [1.54, 1.807) is 12.4 Å². The third-order valence-electron chi connectivity index (χ3n) is 5.90. The molecule has 3 heterocycles. The SMILES string of the molecule is CCOCC(=O)N1CCN(C(=O)CN2CCN(c3ncccn3)CC2)[C@H](C)[C@H]1C. The topological polar surface area (TPSA) is 82.1 Å². The highest BCUT2D eigenvalue weighted by molar-refractivity contribution is 5.81. The highest BCUT2D eigenvalue weighted by Gasteiger charge is 2.36. The lowest BCUT2D eigenvalue weighted by Crippen LogP contribution is -2.62. The minimum atomic E-state index is -0.0206. The number of amides is 2. The first-order valence-electron chi connectivity index (χ1n) is 10.4. The zero-order valence-electron chi connectivity index (χ0n) is 17.7. The number of anilines is 1. The molecule has 2 aliphatic rings. The molecule has 0 saturated carbocycles. The van der Waals surface area contributed by atoms with Crippen molar-refractivity contribution in [2.45, 2.75) is 32.9 Å². The Labute approximate surface area is 172 Å². The molecule has 9 heteroatoms. The number of nitrogens with zero attached hydrogens (tertiary/aromatic N) is 6. The number of piperazine rings is 2. The summed E-state index contributed by atoms with van der Waals surface area (Å²) in [5.41, 5.74) is 0. The number of carbonyl (C=O) groups is 2. The number of aromatic nitrogens is 2. The molecule has 0 radical (unpaired) electrons. The van der Waals surface area contributed by atoms with Crippen molar-refractivity contribution in [3.8, 4) is 0 Å². The molecule has 2 fully saturated rings. The second-order valence-corrected chi connectivity index (χ2v) is 7.60. The summed E-state index contributed by atoms with van der Waals surface area (Å²) in [7, 11) is 0. The maximum Gasteiger partial charge on any atom is 0.248 e. The molecular formula is C20H32N6O3. The normalized spacial score (nSPS) is 23.3. The van der Waals surface area contributed by atoms with E-state index in [0.717, 1.165) is 32.1 Å². The molecule has 160 valence electrons. The van der Waals surface area contributed by atoms with Crippen LogP contribution in [-0.2, 0) is 14.3 Å². The third-order valence-corrected chi connectivity index (χ3v) is 5.90. The molecule has 0 spiro atoms. The highest BCUT2D eigenvalue weighted by Crippen LogP contribution is 2.18. The number of hydrogen-bond acceptors (Lipinski definition) is 7. The second-order valence-electron chi connectivity index (χ2n) is 7.60. The van der Waals surface area contributed by atoms with Gasteiger partial charge >= 0.3 is 0 Å². The van der Waals surface area contributed by atoms with Gasteiger partial charge < -0.3 is 19.4 Å². The number of ether oxygens (including phenoxy) is 1. The van der Waals surface area contributed by atoms with Gasteiger partial charge in [0.15, 0.2) is 0 Å². The molecule has 29 heavy (non-hydrogen) atoms. The molecular weight excluding hydrogens is 372 g/mol. The van der Waals surface area contributed by atoms with Gasteiger partial charge in [-0.05, 0) is 26.8 Å². The van der Waals surface area contributed by atoms with Crippen molar-refractivity contribution in [2.24, 2.45) is 0 Å². The predicted octanol–water partition coefficient (Wildman–Crippen LogP) is 0.0829. The number of hydrogen-bond donors (Lipinski definition) is 0. The van der Waals surface area contributed by atoms with E-state index in [4.69, 9.17) is 4.74 Å². The third kappa shape index (κ3) is 5.22. The van der Waals surface area contributed by atoms with Gasteiger partial charge in [0.1, 0.15) is 6.61 Å². The van der Waals surface area contributed by atoms with E-state index in [1.807, 2.05) is 36.6 Å². The van der Waals surface area contributed by atoms with Crippen LogP contribution in [0.5, 0.6) is 0 Å². The van der Waals surface area contributed by atoms with Crippen LogP contribution in [0, 0.1) is 0 Å². The molecule has 2 atom stereocenters. The van der Waals surface area contributed by atoms with Crippen molar-refractivity contribution in [2.75, 3.05) is 63.9 Å². The summed E-state index contributed by atoms with van der Waals surface area (Å²) in [4.78, 5) is 42.0. The fourth-order valence-electron chi connectivity index (χ4n) is 3.96. The van der Waals surface area contributed by atoms with Crippen molar-refractivity contribution >= 4 is 17.8 Å². The van der Waals surface area contributed by atoms with Crippen molar-refractivity contribution in [1.82, 2.24) is 24.7 Å². The molecule has 9 nitrogen and oxygen atoms in total. The lowest BCUT2D eigenvalue weighted by molar-refractivity contribution is -0.149. The molecule has 0 aromatic carbocycles. The van der Waals surface area contributed by atoms with Gasteiger partial charge in [-0.2, -0.15) is 0 Å². The Bertz CT molecular complexity index is 680. The van der Waals surface area contributed by atoms with Crippen LogP contribution in [0.2, 0.25) is 0 Å². The summed E-state index contributed by atoms with van der Waals surface area (Å²) in [6.45, 7) is 11.3. The van der Waals surface area contributed by atoms with E-state index in [0.29, 0.717) is 26.2 Å². The van der Waals surface area contributed by atoms with Crippen LogP contribution >= 0.6 is 0 Å². The summed E-state index contributed by atoms with van der Waals surface area (Å²) >= 11 is 0. The zero-order valence-corrected chi connectivity index (χ0v) is 17.7. The summed E-state index contributed by atoms with van der Waals surface area (Å²) in [5.74, 6) is 0.872. The van der Waals surface area contributed by atoms with Crippen LogP contribution < -0.4 is 4.90 Å². The largest absolute Gasteiger partial charge is 0.372 e. The number of rotatable bonds is 6. The van der Waals surface area contributed by atoms with Crippen LogP contribution in [0.25, 0.3) is 0 Å². The molecule has 2 aliphatic heterocycles.